The third kappa shape index (κ3) is 3.79. The second-order valence-corrected chi connectivity index (χ2v) is 6.61. The lowest BCUT2D eigenvalue weighted by Gasteiger charge is -2.27. The number of carbonyl (C=O) groups excluding carboxylic acids is 1. The molecular formula is C21H23N3O2. The number of ether oxygens (including phenoxy) is 1. The van der Waals surface area contributed by atoms with Crippen LogP contribution in [0.5, 0.6) is 0 Å². The molecule has 1 amide bonds. The molecule has 5 nitrogen and oxygen atoms in total. The van der Waals surface area contributed by atoms with Gasteiger partial charge in [0.1, 0.15) is 5.69 Å². The number of fused-ring (bicyclic) bond motifs is 1. The smallest absolute Gasteiger partial charge is 0.267 e. The molecule has 0 atom stereocenters. The number of hydrogen-bond donors (Lipinski definition) is 2. The minimum absolute atomic E-state index is 0.0811. The van der Waals surface area contributed by atoms with Crippen LogP contribution in [0.4, 0.5) is 0 Å². The number of aromatic nitrogens is 1. The molecule has 1 saturated heterocycles. The zero-order valence-electron chi connectivity index (χ0n) is 14.7. The van der Waals surface area contributed by atoms with E-state index in [1.54, 1.807) is 0 Å². The van der Waals surface area contributed by atoms with Gasteiger partial charge in [0.15, 0.2) is 0 Å². The molecule has 4 rings (SSSR count). The van der Waals surface area contributed by atoms with Gasteiger partial charge in [0.2, 0.25) is 0 Å². The summed E-state index contributed by atoms with van der Waals surface area (Å²) in [5.74, 6) is -0.0811. The minimum atomic E-state index is -0.0811. The van der Waals surface area contributed by atoms with Crippen molar-refractivity contribution < 1.29 is 9.53 Å². The largest absolute Gasteiger partial charge is 0.379 e. The number of hydrogen-bond acceptors (Lipinski definition) is 3. The van der Waals surface area contributed by atoms with Crippen molar-refractivity contribution in [2.45, 2.75) is 13.1 Å². The molecule has 2 aromatic carbocycles. The zero-order chi connectivity index (χ0) is 17.8. The summed E-state index contributed by atoms with van der Waals surface area (Å²) < 4.78 is 5.42. The summed E-state index contributed by atoms with van der Waals surface area (Å²) in [7, 11) is 0. The van der Waals surface area contributed by atoms with E-state index in [1.807, 2.05) is 36.4 Å². The zero-order valence-corrected chi connectivity index (χ0v) is 14.7. The van der Waals surface area contributed by atoms with Crippen molar-refractivity contribution in [1.29, 1.82) is 0 Å². The van der Waals surface area contributed by atoms with E-state index >= 15 is 0 Å². The molecule has 1 aromatic heterocycles. The van der Waals surface area contributed by atoms with Crippen LogP contribution in [-0.2, 0) is 17.8 Å². The monoisotopic (exact) mass is 349 g/mol. The van der Waals surface area contributed by atoms with Crippen LogP contribution in [0.25, 0.3) is 10.9 Å². The van der Waals surface area contributed by atoms with Crippen LogP contribution in [0.3, 0.4) is 0 Å². The summed E-state index contributed by atoms with van der Waals surface area (Å²) in [6.07, 6.45) is 0. The van der Waals surface area contributed by atoms with E-state index in [9.17, 15) is 4.79 Å². The number of morpholine rings is 1. The fourth-order valence-corrected chi connectivity index (χ4v) is 3.35. The number of rotatable bonds is 5. The van der Waals surface area contributed by atoms with E-state index < -0.39 is 0 Å². The Hall–Kier alpha value is -2.63. The van der Waals surface area contributed by atoms with E-state index in [4.69, 9.17) is 4.74 Å². The fraction of sp³-hybridized carbons (Fsp3) is 0.286. The SMILES string of the molecule is O=C(NCc1ccccc1CN1CCOCC1)c1cc2ccccc2[nH]1. The first-order chi connectivity index (χ1) is 12.8. The van der Waals surface area contributed by atoms with Gasteiger partial charge in [0, 0.05) is 37.1 Å². The van der Waals surface area contributed by atoms with Crippen LogP contribution in [0, 0.1) is 0 Å². The fourth-order valence-electron chi connectivity index (χ4n) is 3.35. The Labute approximate surface area is 153 Å². The van der Waals surface area contributed by atoms with Gasteiger partial charge in [0.25, 0.3) is 5.91 Å². The molecule has 134 valence electrons. The first-order valence-corrected chi connectivity index (χ1v) is 9.02. The van der Waals surface area contributed by atoms with Gasteiger partial charge in [0.05, 0.1) is 13.2 Å². The highest BCUT2D eigenvalue weighted by Gasteiger charge is 2.14. The van der Waals surface area contributed by atoms with E-state index in [0.717, 1.165) is 49.3 Å². The highest BCUT2D eigenvalue weighted by atomic mass is 16.5. The standard InChI is InChI=1S/C21H23N3O2/c25-21(20-13-16-5-3-4-8-19(16)23-20)22-14-17-6-1-2-7-18(17)15-24-9-11-26-12-10-24/h1-8,13,23H,9-12,14-15H2,(H,22,25). The molecule has 1 aliphatic rings. The molecule has 5 heteroatoms. The lowest BCUT2D eigenvalue weighted by molar-refractivity contribution is 0.0340. The Morgan fingerprint density at radius 1 is 1.04 bits per heavy atom. The summed E-state index contributed by atoms with van der Waals surface area (Å²) in [5.41, 5.74) is 3.98. The van der Waals surface area contributed by atoms with Gasteiger partial charge in [-0.25, -0.2) is 0 Å². The number of H-pyrrole nitrogens is 1. The number of benzene rings is 2. The van der Waals surface area contributed by atoms with Crippen molar-refractivity contribution in [3.05, 3.63) is 71.4 Å². The minimum Gasteiger partial charge on any atom is -0.379 e. The molecule has 26 heavy (non-hydrogen) atoms. The highest BCUT2D eigenvalue weighted by Crippen LogP contribution is 2.16. The maximum absolute atomic E-state index is 12.5. The Morgan fingerprint density at radius 3 is 2.58 bits per heavy atom. The van der Waals surface area contributed by atoms with Gasteiger partial charge < -0.3 is 15.0 Å². The lowest BCUT2D eigenvalue weighted by atomic mass is 10.1. The number of amides is 1. The van der Waals surface area contributed by atoms with Crippen molar-refractivity contribution in [3.63, 3.8) is 0 Å². The van der Waals surface area contributed by atoms with Crippen molar-refractivity contribution >= 4 is 16.8 Å². The van der Waals surface area contributed by atoms with Crippen LogP contribution in [-0.4, -0.2) is 42.1 Å². The number of aromatic amines is 1. The number of nitrogens with one attached hydrogen (secondary N) is 2. The molecule has 0 unspecified atom stereocenters. The molecule has 1 aliphatic heterocycles. The second kappa shape index (κ2) is 7.72. The number of nitrogens with zero attached hydrogens (tertiary/aromatic N) is 1. The molecule has 0 spiro atoms. The van der Waals surface area contributed by atoms with E-state index in [0.29, 0.717) is 12.2 Å². The van der Waals surface area contributed by atoms with Gasteiger partial charge in [-0.3, -0.25) is 9.69 Å². The summed E-state index contributed by atoms with van der Waals surface area (Å²) in [4.78, 5) is 18.1. The Morgan fingerprint density at radius 2 is 1.77 bits per heavy atom. The third-order valence-electron chi connectivity index (χ3n) is 4.83. The molecule has 1 fully saturated rings. The normalized spacial score (nSPS) is 15.2. The van der Waals surface area contributed by atoms with E-state index in [2.05, 4.69) is 33.4 Å². The van der Waals surface area contributed by atoms with Crippen LogP contribution in [0.2, 0.25) is 0 Å². The van der Waals surface area contributed by atoms with Crippen molar-refractivity contribution in [1.82, 2.24) is 15.2 Å². The quantitative estimate of drug-likeness (QED) is 0.745. The number of carbonyl (C=O) groups is 1. The summed E-state index contributed by atoms with van der Waals surface area (Å²) in [5, 5.41) is 4.09. The van der Waals surface area contributed by atoms with Gasteiger partial charge in [-0.1, -0.05) is 42.5 Å². The maximum atomic E-state index is 12.5. The van der Waals surface area contributed by atoms with Gasteiger partial charge in [-0.2, -0.15) is 0 Å². The van der Waals surface area contributed by atoms with Crippen molar-refractivity contribution in [3.8, 4) is 0 Å². The van der Waals surface area contributed by atoms with Gasteiger partial charge >= 0.3 is 0 Å². The average molecular weight is 349 g/mol. The predicted octanol–water partition coefficient (Wildman–Crippen LogP) is 2.93. The summed E-state index contributed by atoms with van der Waals surface area (Å²) in [6, 6.07) is 18.1. The topological polar surface area (TPSA) is 57.4 Å². The molecule has 2 heterocycles. The maximum Gasteiger partial charge on any atom is 0.267 e. The predicted molar refractivity (Wildman–Crippen MR) is 102 cm³/mol. The highest BCUT2D eigenvalue weighted by molar-refractivity contribution is 5.97. The van der Waals surface area contributed by atoms with Crippen LogP contribution in [0.1, 0.15) is 21.6 Å². The lowest BCUT2D eigenvalue weighted by Crippen LogP contribution is -2.36. The second-order valence-electron chi connectivity index (χ2n) is 6.61. The molecule has 0 radical (unpaired) electrons. The van der Waals surface area contributed by atoms with Crippen molar-refractivity contribution in [2.75, 3.05) is 26.3 Å². The Kier molecular flexibility index (Phi) is 5.00. The number of para-hydroxylation sites is 1. The molecular weight excluding hydrogens is 326 g/mol. The summed E-state index contributed by atoms with van der Waals surface area (Å²) in [6.45, 7) is 4.90. The Balaban J connectivity index is 1.43. The van der Waals surface area contributed by atoms with Crippen molar-refractivity contribution in [2.24, 2.45) is 0 Å². The van der Waals surface area contributed by atoms with Crippen LogP contribution in [0.15, 0.2) is 54.6 Å². The molecule has 0 saturated carbocycles. The molecule has 3 aromatic rings. The Bertz CT molecular complexity index is 864. The molecule has 0 aliphatic carbocycles. The van der Waals surface area contributed by atoms with Gasteiger partial charge in [-0.05, 0) is 23.3 Å². The van der Waals surface area contributed by atoms with Gasteiger partial charge in [-0.15, -0.1) is 0 Å². The van der Waals surface area contributed by atoms with E-state index in [-0.39, 0.29) is 5.91 Å². The van der Waals surface area contributed by atoms with Crippen LogP contribution < -0.4 is 5.32 Å². The van der Waals surface area contributed by atoms with E-state index in [1.165, 1.54) is 5.56 Å². The molecule has 0 bridgehead atoms. The average Bonchev–Trinajstić information content (AvgIpc) is 3.12. The third-order valence-corrected chi connectivity index (χ3v) is 4.83. The summed E-state index contributed by atoms with van der Waals surface area (Å²) >= 11 is 0. The molecule has 2 N–H and O–H groups in total. The first-order valence-electron chi connectivity index (χ1n) is 9.02. The van der Waals surface area contributed by atoms with Crippen LogP contribution >= 0.6 is 0 Å². The first kappa shape index (κ1) is 16.8.